The highest BCUT2D eigenvalue weighted by molar-refractivity contribution is 6.79. The summed E-state index contributed by atoms with van der Waals surface area (Å²) in [7, 11) is 1.65. The lowest BCUT2D eigenvalue weighted by Gasteiger charge is -2.36. The van der Waals surface area contributed by atoms with Crippen molar-refractivity contribution in [2.24, 2.45) is 0 Å². The van der Waals surface area contributed by atoms with Crippen molar-refractivity contribution in [3.8, 4) is 11.7 Å². The SMILES string of the molecule is CCc1cnn2c(B(C#N)Cc3ccc(OC)cc3)cc(N3CCCCC3CCO)nc12. The maximum absolute atomic E-state index is 10.1. The third-order valence-electron chi connectivity index (χ3n) is 6.44. The highest BCUT2D eigenvalue weighted by Gasteiger charge is 2.28. The van der Waals surface area contributed by atoms with Crippen LogP contribution in [0.4, 0.5) is 5.82 Å². The average molecular weight is 431 g/mol. The molecule has 32 heavy (non-hydrogen) atoms. The van der Waals surface area contributed by atoms with E-state index in [4.69, 9.17) is 9.72 Å². The number of ether oxygens (including phenoxy) is 1. The molecule has 0 saturated carbocycles. The van der Waals surface area contributed by atoms with Crippen LogP contribution in [0.3, 0.4) is 0 Å². The molecule has 3 heterocycles. The Morgan fingerprint density at radius 2 is 2.09 bits per heavy atom. The van der Waals surface area contributed by atoms with Gasteiger partial charge in [-0.1, -0.05) is 24.6 Å². The number of aliphatic hydroxyl groups is 1. The van der Waals surface area contributed by atoms with E-state index >= 15 is 0 Å². The van der Waals surface area contributed by atoms with Crippen molar-refractivity contribution in [3.05, 3.63) is 47.7 Å². The summed E-state index contributed by atoms with van der Waals surface area (Å²) in [5.74, 6) is 4.19. The Morgan fingerprint density at radius 3 is 2.78 bits per heavy atom. The van der Waals surface area contributed by atoms with E-state index in [1.54, 1.807) is 7.11 Å². The molecule has 0 aliphatic carbocycles. The number of piperidine rings is 1. The predicted octanol–water partition coefficient (Wildman–Crippen LogP) is 2.59. The number of fused-ring (bicyclic) bond motifs is 1. The first-order chi connectivity index (χ1) is 15.7. The number of rotatable bonds is 8. The molecule has 1 aliphatic heterocycles. The van der Waals surface area contributed by atoms with Crippen LogP contribution < -0.4 is 15.2 Å². The minimum Gasteiger partial charge on any atom is -0.497 e. The van der Waals surface area contributed by atoms with E-state index in [1.165, 1.54) is 6.42 Å². The van der Waals surface area contributed by atoms with Gasteiger partial charge in [-0.2, -0.15) is 5.10 Å². The second-order valence-electron chi connectivity index (χ2n) is 8.39. The third-order valence-corrected chi connectivity index (χ3v) is 6.44. The van der Waals surface area contributed by atoms with Gasteiger partial charge < -0.3 is 14.7 Å². The van der Waals surface area contributed by atoms with Crippen LogP contribution >= 0.6 is 0 Å². The van der Waals surface area contributed by atoms with E-state index in [2.05, 4.69) is 22.9 Å². The van der Waals surface area contributed by atoms with Gasteiger partial charge in [0.15, 0.2) is 5.65 Å². The molecule has 1 unspecified atom stereocenters. The molecular formula is C24H30BN5O2. The summed E-state index contributed by atoms with van der Waals surface area (Å²) in [6.45, 7) is 2.82. The number of nitriles is 1. The zero-order chi connectivity index (χ0) is 22.5. The number of aryl methyl sites for hydroxylation is 1. The summed E-state index contributed by atoms with van der Waals surface area (Å²) in [5.41, 5.74) is 3.83. The Balaban J connectivity index is 1.76. The minimum atomic E-state index is -0.363. The van der Waals surface area contributed by atoms with Gasteiger partial charge >= 0.3 is 6.71 Å². The smallest absolute Gasteiger partial charge is 0.326 e. The van der Waals surface area contributed by atoms with Crippen LogP contribution in [0.1, 0.15) is 43.7 Å². The molecule has 1 fully saturated rings. The number of methoxy groups -OCH3 is 1. The van der Waals surface area contributed by atoms with Crippen LogP contribution in [-0.2, 0) is 12.7 Å². The lowest BCUT2D eigenvalue weighted by molar-refractivity contribution is 0.262. The number of aromatic nitrogens is 3. The molecule has 1 saturated heterocycles. The van der Waals surface area contributed by atoms with Gasteiger partial charge in [0, 0.05) is 36.3 Å². The van der Waals surface area contributed by atoms with Crippen LogP contribution in [0.25, 0.3) is 5.65 Å². The second-order valence-corrected chi connectivity index (χ2v) is 8.39. The van der Waals surface area contributed by atoms with Gasteiger partial charge in [-0.15, -0.1) is 0 Å². The van der Waals surface area contributed by atoms with Gasteiger partial charge in [-0.25, -0.2) is 14.8 Å². The Hall–Kier alpha value is -3.05. The fourth-order valence-electron chi connectivity index (χ4n) is 4.63. The topological polar surface area (TPSA) is 86.7 Å². The number of hydrogen-bond acceptors (Lipinski definition) is 6. The van der Waals surface area contributed by atoms with E-state index in [9.17, 15) is 10.4 Å². The van der Waals surface area contributed by atoms with Gasteiger partial charge in [0.2, 0.25) is 0 Å². The molecule has 7 nitrogen and oxygen atoms in total. The number of benzene rings is 1. The predicted molar refractivity (Wildman–Crippen MR) is 127 cm³/mol. The normalized spacial score (nSPS) is 16.2. The molecule has 0 amide bonds. The van der Waals surface area contributed by atoms with Crippen LogP contribution in [0, 0.1) is 11.2 Å². The summed E-state index contributed by atoms with van der Waals surface area (Å²) < 4.78 is 7.10. The average Bonchev–Trinajstić information content (AvgIpc) is 3.26. The molecule has 3 aromatic rings. The van der Waals surface area contributed by atoms with Crippen molar-refractivity contribution in [1.29, 1.82) is 5.26 Å². The number of nitrogens with zero attached hydrogens (tertiary/aromatic N) is 5. The van der Waals surface area contributed by atoms with Crippen LogP contribution in [0.5, 0.6) is 5.75 Å². The number of aliphatic hydroxyl groups excluding tert-OH is 1. The fourth-order valence-corrected chi connectivity index (χ4v) is 4.63. The van der Waals surface area contributed by atoms with Gasteiger partial charge in [0.1, 0.15) is 11.6 Å². The molecule has 4 rings (SSSR count). The summed E-state index contributed by atoms with van der Waals surface area (Å²) in [6.07, 6.45) is 7.33. The third kappa shape index (κ3) is 4.44. The molecular weight excluding hydrogens is 401 g/mol. The van der Waals surface area contributed by atoms with Crippen molar-refractivity contribution < 1.29 is 9.84 Å². The first kappa shape index (κ1) is 22.2. The van der Waals surface area contributed by atoms with E-state index in [0.29, 0.717) is 6.32 Å². The van der Waals surface area contributed by atoms with Crippen molar-refractivity contribution in [2.75, 3.05) is 25.2 Å². The van der Waals surface area contributed by atoms with Crippen molar-refractivity contribution in [2.45, 2.75) is 51.4 Å². The molecule has 0 spiro atoms. The molecule has 166 valence electrons. The van der Waals surface area contributed by atoms with Gasteiger partial charge in [-0.05, 0) is 56.6 Å². The van der Waals surface area contributed by atoms with E-state index in [0.717, 1.165) is 66.2 Å². The number of hydrogen-bond donors (Lipinski definition) is 1. The zero-order valence-corrected chi connectivity index (χ0v) is 18.9. The van der Waals surface area contributed by atoms with Gasteiger partial charge in [-0.3, -0.25) is 0 Å². The maximum atomic E-state index is 10.1. The lowest BCUT2D eigenvalue weighted by atomic mass is 9.45. The highest BCUT2D eigenvalue weighted by Crippen LogP contribution is 2.26. The fraction of sp³-hybridized carbons (Fsp3) is 0.458. The highest BCUT2D eigenvalue weighted by atomic mass is 16.5. The molecule has 8 heteroatoms. The van der Waals surface area contributed by atoms with Crippen LogP contribution in [-0.4, -0.2) is 52.7 Å². The summed E-state index contributed by atoms with van der Waals surface area (Å²) in [4.78, 5) is 7.30. The summed E-state index contributed by atoms with van der Waals surface area (Å²) in [6, 6.07) is 10.2. The summed E-state index contributed by atoms with van der Waals surface area (Å²) in [5, 5.41) is 24.3. The first-order valence-corrected chi connectivity index (χ1v) is 11.5. The molecule has 0 bridgehead atoms. The zero-order valence-electron chi connectivity index (χ0n) is 18.9. The van der Waals surface area contributed by atoms with Gasteiger partial charge in [0.25, 0.3) is 0 Å². The Morgan fingerprint density at radius 1 is 1.28 bits per heavy atom. The number of anilines is 1. The quantitative estimate of drug-likeness (QED) is 0.552. The first-order valence-electron chi connectivity index (χ1n) is 11.5. The molecule has 1 N–H and O–H groups in total. The van der Waals surface area contributed by atoms with Crippen molar-refractivity contribution in [1.82, 2.24) is 14.6 Å². The minimum absolute atomic E-state index is 0.168. The molecule has 2 aromatic heterocycles. The molecule has 1 aromatic carbocycles. The standard InChI is InChI=1S/C24H30BN5O2/c1-3-19-16-27-30-22(25(17-26)15-18-7-9-21(32-2)10-8-18)14-23(28-24(19)30)29-12-5-4-6-20(29)11-13-31/h7-10,14,16,20,31H,3-6,11-13,15H2,1-2H3. The summed E-state index contributed by atoms with van der Waals surface area (Å²) >= 11 is 0. The van der Waals surface area contributed by atoms with Crippen molar-refractivity contribution in [3.63, 3.8) is 0 Å². The monoisotopic (exact) mass is 431 g/mol. The second kappa shape index (κ2) is 10.1. The van der Waals surface area contributed by atoms with Crippen LogP contribution in [0.15, 0.2) is 36.5 Å². The largest absolute Gasteiger partial charge is 0.497 e. The van der Waals surface area contributed by atoms with E-state index in [1.807, 2.05) is 41.0 Å². The van der Waals surface area contributed by atoms with Gasteiger partial charge in [0.05, 0.1) is 13.3 Å². The van der Waals surface area contributed by atoms with E-state index < -0.39 is 0 Å². The maximum Gasteiger partial charge on any atom is 0.326 e. The van der Waals surface area contributed by atoms with E-state index in [-0.39, 0.29) is 19.4 Å². The molecule has 1 aliphatic rings. The molecule has 0 radical (unpaired) electrons. The molecule has 1 atom stereocenters. The van der Waals surface area contributed by atoms with Crippen LogP contribution in [0.2, 0.25) is 0 Å². The Kier molecular flexibility index (Phi) is 6.96. The lowest BCUT2D eigenvalue weighted by Crippen LogP contribution is -2.43. The van der Waals surface area contributed by atoms with Crippen molar-refractivity contribution >= 4 is 23.8 Å². The Bertz CT molecular complexity index is 1090. The Labute approximate surface area is 189 Å².